The van der Waals surface area contributed by atoms with Crippen LogP contribution in [-0.4, -0.2) is 34.0 Å². The topological polar surface area (TPSA) is 111 Å². The summed E-state index contributed by atoms with van der Waals surface area (Å²) < 4.78 is 27.8. The molecule has 146 valence electrons. The maximum absolute atomic E-state index is 11.9. The van der Waals surface area contributed by atoms with Crippen LogP contribution in [-0.2, 0) is 21.2 Å². The Kier molecular flexibility index (Phi) is 7.78. The normalized spacial score (nSPS) is 11.2. The van der Waals surface area contributed by atoms with Crippen LogP contribution in [0.25, 0.3) is 0 Å². The van der Waals surface area contributed by atoms with Crippen molar-refractivity contribution in [2.45, 2.75) is 24.7 Å². The number of carbonyl (C=O) groups excluding carboxylic acids is 1. The van der Waals surface area contributed by atoms with Gasteiger partial charge in [0.25, 0.3) is 0 Å². The smallest absolute Gasteiger partial charge is 0.238 e. The van der Waals surface area contributed by atoms with Crippen molar-refractivity contribution in [1.82, 2.24) is 5.32 Å². The molecule has 0 aromatic heterocycles. The summed E-state index contributed by atoms with van der Waals surface area (Å²) in [5.74, 6) is 0.707. The summed E-state index contributed by atoms with van der Waals surface area (Å²) in [6.07, 6.45) is 1.09. The number of sulfonamides is 1. The lowest BCUT2D eigenvalue weighted by Gasteiger charge is -2.08. The van der Waals surface area contributed by atoms with Gasteiger partial charge in [-0.05, 0) is 61.9 Å². The fourth-order valence-corrected chi connectivity index (χ4v) is 2.95. The van der Waals surface area contributed by atoms with Gasteiger partial charge in [0.1, 0.15) is 5.75 Å². The molecule has 8 heteroatoms. The van der Waals surface area contributed by atoms with Crippen molar-refractivity contribution in [3.05, 3.63) is 54.1 Å². The van der Waals surface area contributed by atoms with E-state index in [4.69, 9.17) is 9.88 Å². The number of amides is 1. The second kappa shape index (κ2) is 10.1. The predicted octanol–water partition coefficient (Wildman–Crippen LogP) is 1.89. The van der Waals surface area contributed by atoms with E-state index < -0.39 is 10.0 Å². The SMILES string of the molecule is CCOc1ccc(NC(=O)CCNCCc2ccc(S(N)(=O)=O)cc2)cc1. The Hall–Kier alpha value is -2.42. The van der Waals surface area contributed by atoms with Crippen LogP contribution >= 0.6 is 0 Å². The number of carbonyl (C=O) groups is 1. The number of ether oxygens (including phenoxy) is 1. The Balaban J connectivity index is 1.65. The van der Waals surface area contributed by atoms with E-state index >= 15 is 0 Å². The van der Waals surface area contributed by atoms with Gasteiger partial charge in [-0.3, -0.25) is 4.79 Å². The highest BCUT2D eigenvalue weighted by Crippen LogP contribution is 2.15. The van der Waals surface area contributed by atoms with Crippen LogP contribution in [0.3, 0.4) is 0 Å². The average molecular weight is 391 g/mol. The van der Waals surface area contributed by atoms with Crippen molar-refractivity contribution in [2.75, 3.05) is 25.0 Å². The minimum absolute atomic E-state index is 0.0656. The quantitative estimate of drug-likeness (QED) is 0.536. The number of rotatable bonds is 10. The zero-order chi connectivity index (χ0) is 19.7. The highest BCUT2D eigenvalue weighted by Gasteiger charge is 2.06. The maximum Gasteiger partial charge on any atom is 0.238 e. The predicted molar refractivity (Wildman–Crippen MR) is 105 cm³/mol. The Labute approximate surface area is 160 Å². The zero-order valence-electron chi connectivity index (χ0n) is 15.3. The van der Waals surface area contributed by atoms with Crippen LogP contribution < -0.4 is 20.5 Å². The summed E-state index contributed by atoms with van der Waals surface area (Å²) in [5.41, 5.74) is 1.73. The van der Waals surface area contributed by atoms with Crippen LogP contribution in [0.5, 0.6) is 5.75 Å². The molecule has 0 radical (unpaired) electrons. The standard InChI is InChI=1S/C19H25N3O4S/c1-2-26-17-7-5-16(6-8-17)22-19(23)12-14-21-13-11-15-3-9-18(10-4-15)27(20,24)25/h3-10,21H,2,11-14H2,1H3,(H,22,23)(H2,20,24,25). The van der Waals surface area contributed by atoms with Gasteiger partial charge in [0.15, 0.2) is 0 Å². The van der Waals surface area contributed by atoms with E-state index in [0.29, 0.717) is 26.1 Å². The van der Waals surface area contributed by atoms with Crippen molar-refractivity contribution in [3.8, 4) is 5.75 Å². The number of anilines is 1. The fourth-order valence-electron chi connectivity index (χ4n) is 2.43. The highest BCUT2D eigenvalue weighted by molar-refractivity contribution is 7.89. The summed E-state index contributed by atoms with van der Waals surface area (Å²) >= 11 is 0. The molecule has 2 aromatic carbocycles. The van der Waals surface area contributed by atoms with E-state index in [0.717, 1.165) is 23.4 Å². The van der Waals surface area contributed by atoms with Gasteiger partial charge in [0.2, 0.25) is 15.9 Å². The fraction of sp³-hybridized carbons (Fsp3) is 0.316. The van der Waals surface area contributed by atoms with E-state index in [-0.39, 0.29) is 10.8 Å². The molecule has 0 aliphatic heterocycles. The molecular formula is C19H25N3O4S. The summed E-state index contributed by atoms with van der Waals surface area (Å²) in [4.78, 5) is 12.0. The van der Waals surface area contributed by atoms with Crippen molar-refractivity contribution in [2.24, 2.45) is 5.14 Å². The van der Waals surface area contributed by atoms with Crippen molar-refractivity contribution < 1.29 is 17.9 Å². The van der Waals surface area contributed by atoms with E-state index in [9.17, 15) is 13.2 Å². The molecule has 0 atom stereocenters. The number of benzene rings is 2. The Bertz CT molecular complexity index is 834. The average Bonchev–Trinajstić information content (AvgIpc) is 2.63. The molecule has 0 saturated heterocycles. The molecule has 2 aromatic rings. The Morgan fingerprint density at radius 2 is 1.70 bits per heavy atom. The molecular weight excluding hydrogens is 366 g/mol. The van der Waals surface area contributed by atoms with Crippen LogP contribution in [0.1, 0.15) is 18.9 Å². The number of hydrogen-bond donors (Lipinski definition) is 3. The molecule has 0 bridgehead atoms. The summed E-state index contributed by atoms with van der Waals surface area (Å²) in [6, 6.07) is 13.7. The molecule has 0 heterocycles. The summed E-state index contributed by atoms with van der Waals surface area (Å²) in [7, 11) is -3.66. The van der Waals surface area contributed by atoms with Crippen molar-refractivity contribution >= 4 is 21.6 Å². The number of hydrogen-bond acceptors (Lipinski definition) is 5. The van der Waals surface area contributed by atoms with Gasteiger partial charge in [-0.1, -0.05) is 12.1 Å². The number of nitrogens with two attached hydrogens (primary N) is 1. The lowest BCUT2D eigenvalue weighted by Crippen LogP contribution is -2.23. The summed E-state index contributed by atoms with van der Waals surface area (Å²) in [6.45, 7) is 3.76. The largest absolute Gasteiger partial charge is 0.494 e. The minimum atomic E-state index is -3.66. The van der Waals surface area contributed by atoms with E-state index in [1.165, 1.54) is 12.1 Å². The third-order valence-electron chi connectivity index (χ3n) is 3.82. The molecule has 4 N–H and O–H groups in total. The third-order valence-corrected chi connectivity index (χ3v) is 4.75. The minimum Gasteiger partial charge on any atom is -0.494 e. The van der Waals surface area contributed by atoms with Crippen molar-refractivity contribution in [3.63, 3.8) is 0 Å². The highest BCUT2D eigenvalue weighted by atomic mass is 32.2. The zero-order valence-corrected chi connectivity index (χ0v) is 16.1. The maximum atomic E-state index is 11.9. The van der Waals surface area contributed by atoms with E-state index in [2.05, 4.69) is 10.6 Å². The molecule has 1 amide bonds. The first-order chi connectivity index (χ1) is 12.9. The van der Waals surface area contributed by atoms with Gasteiger partial charge in [-0.25, -0.2) is 13.6 Å². The first kappa shape index (κ1) is 20.9. The van der Waals surface area contributed by atoms with Crippen LogP contribution in [0, 0.1) is 0 Å². The number of nitrogens with one attached hydrogen (secondary N) is 2. The van der Waals surface area contributed by atoms with Crippen LogP contribution in [0.4, 0.5) is 5.69 Å². The lowest BCUT2D eigenvalue weighted by atomic mass is 10.1. The Morgan fingerprint density at radius 3 is 2.30 bits per heavy atom. The molecule has 0 aliphatic carbocycles. The molecule has 0 spiro atoms. The van der Waals surface area contributed by atoms with Gasteiger partial charge in [0, 0.05) is 18.7 Å². The summed E-state index contributed by atoms with van der Waals surface area (Å²) in [5, 5.41) is 11.1. The lowest BCUT2D eigenvalue weighted by molar-refractivity contribution is -0.116. The van der Waals surface area contributed by atoms with Gasteiger partial charge >= 0.3 is 0 Å². The van der Waals surface area contributed by atoms with E-state index in [1.807, 2.05) is 31.2 Å². The molecule has 2 rings (SSSR count). The second-order valence-electron chi connectivity index (χ2n) is 5.94. The van der Waals surface area contributed by atoms with Crippen molar-refractivity contribution in [1.29, 1.82) is 0 Å². The molecule has 0 saturated carbocycles. The number of primary sulfonamides is 1. The molecule has 0 fully saturated rings. The van der Waals surface area contributed by atoms with Gasteiger partial charge in [-0.15, -0.1) is 0 Å². The first-order valence-electron chi connectivity index (χ1n) is 8.73. The molecule has 7 nitrogen and oxygen atoms in total. The van der Waals surface area contributed by atoms with Gasteiger partial charge < -0.3 is 15.4 Å². The van der Waals surface area contributed by atoms with Crippen LogP contribution in [0.2, 0.25) is 0 Å². The van der Waals surface area contributed by atoms with Gasteiger partial charge in [-0.2, -0.15) is 0 Å². The van der Waals surface area contributed by atoms with Gasteiger partial charge in [0.05, 0.1) is 11.5 Å². The van der Waals surface area contributed by atoms with E-state index in [1.54, 1.807) is 12.1 Å². The third kappa shape index (κ3) is 7.38. The molecule has 27 heavy (non-hydrogen) atoms. The molecule has 0 unspecified atom stereocenters. The first-order valence-corrected chi connectivity index (χ1v) is 10.3. The Morgan fingerprint density at radius 1 is 1.04 bits per heavy atom. The molecule has 0 aliphatic rings. The van der Waals surface area contributed by atoms with Crippen LogP contribution in [0.15, 0.2) is 53.4 Å². The monoisotopic (exact) mass is 391 g/mol. The second-order valence-corrected chi connectivity index (χ2v) is 7.51.